The highest BCUT2D eigenvalue weighted by atomic mass is 35.5. The summed E-state index contributed by atoms with van der Waals surface area (Å²) < 4.78 is 7.11. The molecule has 9 heteroatoms. The molecular weight excluding hydrogens is 418 g/mol. The third-order valence-corrected chi connectivity index (χ3v) is 5.51. The predicted molar refractivity (Wildman–Crippen MR) is 118 cm³/mol. The fraction of sp³-hybridized carbons (Fsp3) is 0.545. The number of nitrogens with zero attached hydrogens (tertiary/aromatic N) is 4. The molecule has 1 fully saturated rings. The molecule has 0 atom stereocenters. The second-order valence-electron chi connectivity index (χ2n) is 8.00. The van der Waals surface area contributed by atoms with Crippen LogP contribution < -0.4 is 5.32 Å². The first-order chi connectivity index (χ1) is 14.8. The van der Waals surface area contributed by atoms with Crippen LogP contribution in [0, 0.1) is 12.8 Å². The number of ether oxygens (including phenoxy) is 1. The highest BCUT2D eigenvalue weighted by molar-refractivity contribution is 6.30. The zero-order chi connectivity index (χ0) is 22.4. The van der Waals surface area contributed by atoms with Crippen LogP contribution >= 0.6 is 11.6 Å². The van der Waals surface area contributed by atoms with Gasteiger partial charge in [-0.25, -0.2) is 9.67 Å². The summed E-state index contributed by atoms with van der Waals surface area (Å²) in [4.78, 5) is 31.3. The molecule has 1 aromatic carbocycles. The maximum Gasteiger partial charge on any atom is 0.293 e. The maximum absolute atomic E-state index is 12.9. The maximum atomic E-state index is 12.9. The van der Waals surface area contributed by atoms with Crippen molar-refractivity contribution in [3.63, 3.8) is 0 Å². The second-order valence-corrected chi connectivity index (χ2v) is 8.44. The lowest BCUT2D eigenvalue weighted by molar-refractivity contribution is -0.126. The summed E-state index contributed by atoms with van der Waals surface area (Å²) in [5.74, 6) is 0.566. The Morgan fingerprint density at radius 1 is 1.23 bits per heavy atom. The summed E-state index contributed by atoms with van der Waals surface area (Å²) in [6, 6.07) is 7.20. The molecule has 1 aliphatic heterocycles. The molecular formula is C22H30ClN5O3. The molecule has 0 aliphatic carbocycles. The van der Waals surface area contributed by atoms with E-state index in [0.29, 0.717) is 49.9 Å². The van der Waals surface area contributed by atoms with Gasteiger partial charge >= 0.3 is 0 Å². The van der Waals surface area contributed by atoms with Crippen LogP contribution in [0.2, 0.25) is 5.02 Å². The number of carbonyl (C=O) groups is 2. The van der Waals surface area contributed by atoms with Gasteiger partial charge in [-0.05, 0) is 64.3 Å². The van der Waals surface area contributed by atoms with Gasteiger partial charge in [-0.1, -0.05) is 11.6 Å². The molecule has 3 rings (SSSR count). The third kappa shape index (κ3) is 6.27. The number of rotatable bonds is 8. The summed E-state index contributed by atoms with van der Waals surface area (Å²) >= 11 is 5.94. The molecule has 0 saturated carbocycles. The van der Waals surface area contributed by atoms with E-state index in [1.54, 1.807) is 28.6 Å². The van der Waals surface area contributed by atoms with Crippen molar-refractivity contribution < 1.29 is 14.3 Å². The first-order valence-corrected chi connectivity index (χ1v) is 11.1. The van der Waals surface area contributed by atoms with E-state index in [0.717, 1.165) is 12.1 Å². The standard InChI is InChI=1S/C22H30ClN5O3/c1-15(2)31-14-4-11-24-21(29)17-9-12-27(13-10-17)22(30)20-25-16(3)28(26-20)19-7-5-18(23)6-8-19/h5-8,15,17H,4,9-14H2,1-3H3,(H,24,29). The van der Waals surface area contributed by atoms with Crippen LogP contribution in [0.3, 0.4) is 0 Å². The van der Waals surface area contributed by atoms with Crippen LogP contribution in [0.1, 0.15) is 49.6 Å². The van der Waals surface area contributed by atoms with Crippen LogP contribution in [0.25, 0.3) is 5.69 Å². The summed E-state index contributed by atoms with van der Waals surface area (Å²) in [5, 5.41) is 8.00. The van der Waals surface area contributed by atoms with E-state index in [1.165, 1.54) is 0 Å². The Hall–Kier alpha value is -2.45. The minimum absolute atomic E-state index is 0.0534. The monoisotopic (exact) mass is 447 g/mol. The number of amides is 2. The number of nitrogens with one attached hydrogen (secondary N) is 1. The van der Waals surface area contributed by atoms with E-state index < -0.39 is 0 Å². The lowest BCUT2D eigenvalue weighted by Gasteiger charge is -2.30. The SMILES string of the molecule is Cc1nc(C(=O)N2CCC(C(=O)NCCCOC(C)C)CC2)nn1-c1ccc(Cl)cc1. The third-order valence-electron chi connectivity index (χ3n) is 5.26. The predicted octanol–water partition coefficient (Wildman–Crippen LogP) is 3.01. The Kier molecular flexibility index (Phi) is 8.03. The number of aryl methyl sites for hydroxylation is 1. The second kappa shape index (κ2) is 10.7. The van der Waals surface area contributed by atoms with E-state index >= 15 is 0 Å². The molecule has 0 radical (unpaired) electrons. The lowest BCUT2D eigenvalue weighted by atomic mass is 9.96. The molecule has 2 heterocycles. The fourth-order valence-corrected chi connectivity index (χ4v) is 3.67. The van der Waals surface area contributed by atoms with Crippen molar-refractivity contribution in [3.8, 4) is 5.69 Å². The first kappa shape index (κ1) is 23.2. The van der Waals surface area contributed by atoms with E-state index in [-0.39, 0.29) is 29.7 Å². The van der Waals surface area contributed by atoms with Crippen molar-refractivity contribution in [2.24, 2.45) is 5.92 Å². The number of likely N-dealkylation sites (tertiary alicyclic amines) is 1. The molecule has 168 valence electrons. The number of piperidine rings is 1. The summed E-state index contributed by atoms with van der Waals surface area (Å²) in [6.45, 7) is 8.07. The Morgan fingerprint density at radius 2 is 1.90 bits per heavy atom. The Balaban J connectivity index is 1.49. The average molecular weight is 448 g/mol. The largest absolute Gasteiger partial charge is 0.379 e. The van der Waals surface area contributed by atoms with Gasteiger partial charge in [0.2, 0.25) is 11.7 Å². The number of aromatic nitrogens is 3. The smallest absolute Gasteiger partial charge is 0.293 e. The van der Waals surface area contributed by atoms with Crippen LogP contribution in [-0.4, -0.2) is 63.8 Å². The Bertz CT molecular complexity index is 889. The van der Waals surface area contributed by atoms with Gasteiger partial charge in [0, 0.05) is 37.2 Å². The van der Waals surface area contributed by atoms with Crippen molar-refractivity contribution in [1.82, 2.24) is 25.0 Å². The zero-order valence-electron chi connectivity index (χ0n) is 18.3. The summed E-state index contributed by atoms with van der Waals surface area (Å²) in [7, 11) is 0. The minimum Gasteiger partial charge on any atom is -0.379 e. The number of hydrogen-bond donors (Lipinski definition) is 1. The van der Waals surface area contributed by atoms with Crippen molar-refractivity contribution in [2.75, 3.05) is 26.2 Å². The van der Waals surface area contributed by atoms with Crippen LogP contribution in [0.15, 0.2) is 24.3 Å². The summed E-state index contributed by atoms with van der Waals surface area (Å²) in [5.41, 5.74) is 0.794. The van der Waals surface area contributed by atoms with Gasteiger partial charge in [-0.3, -0.25) is 9.59 Å². The van der Waals surface area contributed by atoms with Crippen molar-refractivity contribution in [2.45, 2.75) is 46.1 Å². The molecule has 2 aromatic rings. The molecule has 31 heavy (non-hydrogen) atoms. The van der Waals surface area contributed by atoms with Gasteiger partial charge < -0.3 is 15.0 Å². The van der Waals surface area contributed by atoms with Gasteiger partial charge in [0.25, 0.3) is 5.91 Å². The highest BCUT2D eigenvalue weighted by Gasteiger charge is 2.29. The number of hydrogen-bond acceptors (Lipinski definition) is 5. The van der Waals surface area contributed by atoms with E-state index in [2.05, 4.69) is 15.4 Å². The van der Waals surface area contributed by atoms with Crippen molar-refractivity contribution >= 4 is 23.4 Å². The number of benzene rings is 1. The van der Waals surface area contributed by atoms with Gasteiger partial charge in [-0.2, -0.15) is 0 Å². The first-order valence-electron chi connectivity index (χ1n) is 10.7. The normalized spacial score (nSPS) is 14.8. The molecule has 8 nitrogen and oxygen atoms in total. The van der Waals surface area contributed by atoms with E-state index in [1.807, 2.05) is 26.0 Å². The molecule has 1 aromatic heterocycles. The summed E-state index contributed by atoms with van der Waals surface area (Å²) in [6.07, 6.45) is 2.27. The quantitative estimate of drug-likeness (QED) is 0.628. The van der Waals surface area contributed by atoms with Gasteiger partial charge in [-0.15, -0.1) is 5.10 Å². The Morgan fingerprint density at radius 3 is 2.55 bits per heavy atom. The Labute approximate surface area is 187 Å². The molecule has 1 N–H and O–H groups in total. The lowest BCUT2D eigenvalue weighted by Crippen LogP contribution is -2.43. The van der Waals surface area contributed by atoms with E-state index in [9.17, 15) is 9.59 Å². The highest BCUT2D eigenvalue weighted by Crippen LogP contribution is 2.20. The van der Waals surface area contributed by atoms with Gasteiger partial charge in [0.05, 0.1) is 11.8 Å². The zero-order valence-corrected chi connectivity index (χ0v) is 19.1. The fourth-order valence-electron chi connectivity index (χ4n) is 3.54. The molecule has 0 spiro atoms. The van der Waals surface area contributed by atoms with Crippen LogP contribution in [0.4, 0.5) is 0 Å². The van der Waals surface area contributed by atoms with E-state index in [4.69, 9.17) is 16.3 Å². The van der Waals surface area contributed by atoms with Crippen LogP contribution in [-0.2, 0) is 9.53 Å². The van der Waals surface area contributed by atoms with Crippen molar-refractivity contribution in [3.05, 3.63) is 40.9 Å². The van der Waals surface area contributed by atoms with Crippen molar-refractivity contribution in [1.29, 1.82) is 0 Å². The molecule has 2 amide bonds. The topological polar surface area (TPSA) is 89.3 Å². The minimum atomic E-state index is -0.208. The number of carbonyl (C=O) groups excluding carboxylic acids is 2. The number of halogens is 1. The molecule has 0 bridgehead atoms. The molecule has 1 aliphatic rings. The molecule has 0 unspecified atom stereocenters. The average Bonchev–Trinajstić information content (AvgIpc) is 3.15. The molecule has 1 saturated heterocycles. The van der Waals surface area contributed by atoms with Gasteiger partial charge in [0.1, 0.15) is 5.82 Å². The van der Waals surface area contributed by atoms with Gasteiger partial charge in [0.15, 0.2) is 0 Å². The van der Waals surface area contributed by atoms with Crippen LogP contribution in [0.5, 0.6) is 0 Å².